The number of benzene rings is 1. The van der Waals surface area contributed by atoms with Gasteiger partial charge < -0.3 is 15.0 Å². The summed E-state index contributed by atoms with van der Waals surface area (Å²) in [6.45, 7) is 1.28. The Morgan fingerprint density at radius 3 is 3.11 bits per heavy atom. The van der Waals surface area contributed by atoms with Crippen molar-refractivity contribution in [2.75, 3.05) is 6.61 Å². The molecule has 1 aromatic heterocycles. The first-order valence-corrected chi connectivity index (χ1v) is 6.11. The summed E-state index contributed by atoms with van der Waals surface area (Å²) in [5, 5.41) is 3.99. The predicted octanol–water partition coefficient (Wildman–Crippen LogP) is 2.05. The number of hydrogen-bond acceptors (Lipinski definition) is 5. The van der Waals surface area contributed by atoms with Gasteiger partial charge in [0.25, 0.3) is 5.89 Å². The molecule has 1 aliphatic heterocycles. The number of hydrogen-bond donors (Lipinski definition) is 1. The lowest BCUT2D eigenvalue weighted by Crippen LogP contribution is -1.98. The molecule has 2 heterocycles. The highest BCUT2D eigenvalue weighted by atomic mass is 16.5. The summed E-state index contributed by atoms with van der Waals surface area (Å²) in [6, 6.07) is 7.81. The molecule has 5 nitrogen and oxygen atoms in total. The van der Waals surface area contributed by atoms with E-state index in [0.717, 1.165) is 30.6 Å². The number of ether oxygens (including phenoxy) is 1. The Balaban J connectivity index is 1.87. The molecule has 2 aromatic rings. The monoisotopic (exact) mass is 245 g/mol. The molecule has 0 spiro atoms. The van der Waals surface area contributed by atoms with E-state index in [1.54, 1.807) is 0 Å². The molecular formula is C13H15N3O2. The summed E-state index contributed by atoms with van der Waals surface area (Å²) in [6.07, 6.45) is 2.00. The zero-order valence-corrected chi connectivity index (χ0v) is 10.0. The van der Waals surface area contributed by atoms with Gasteiger partial charge in [-0.05, 0) is 30.5 Å². The van der Waals surface area contributed by atoms with Gasteiger partial charge in [0.1, 0.15) is 6.10 Å². The molecule has 0 radical (unpaired) electrons. The lowest BCUT2D eigenvalue weighted by Gasteiger charge is -2.01. The van der Waals surface area contributed by atoms with Gasteiger partial charge in [0, 0.05) is 18.7 Å². The third kappa shape index (κ3) is 2.14. The summed E-state index contributed by atoms with van der Waals surface area (Å²) >= 11 is 0. The number of rotatable bonds is 3. The van der Waals surface area contributed by atoms with Crippen LogP contribution in [0.25, 0.3) is 11.5 Å². The van der Waals surface area contributed by atoms with Gasteiger partial charge in [-0.2, -0.15) is 4.98 Å². The van der Waals surface area contributed by atoms with Crippen LogP contribution in [0, 0.1) is 0 Å². The van der Waals surface area contributed by atoms with Gasteiger partial charge in [-0.25, -0.2) is 0 Å². The van der Waals surface area contributed by atoms with E-state index < -0.39 is 0 Å². The molecule has 1 saturated heterocycles. The van der Waals surface area contributed by atoms with Gasteiger partial charge in [0.05, 0.1) is 0 Å². The molecule has 0 amide bonds. The minimum absolute atomic E-state index is 0.0137. The molecule has 1 aromatic carbocycles. The van der Waals surface area contributed by atoms with E-state index in [1.807, 2.05) is 24.3 Å². The Bertz CT molecular complexity index is 533. The zero-order valence-electron chi connectivity index (χ0n) is 10.0. The quantitative estimate of drug-likeness (QED) is 0.895. The largest absolute Gasteiger partial charge is 0.370 e. The number of aromatic nitrogens is 2. The average molecular weight is 245 g/mol. The van der Waals surface area contributed by atoms with Crippen LogP contribution in [0.1, 0.15) is 30.3 Å². The Morgan fingerprint density at radius 2 is 2.33 bits per heavy atom. The fourth-order valence-electron chi connectivity index (χ4n) is 2.10. The molecule has 3 rings (SSSR count). The first kappa shape index (κ1) is 11.4. The Morgan fingerprint density at radius 1 is 1.39 bits per heavy atom. The zero-order chi connectivity index (χ0) is 12.4. The van der Waals surface area contributed by atoms with Gasteiger partial charge in [-0.15, -0.1) is 0 Å². The standard InChI is InChI=1S/C13H15N3O2/c14-8-9-3-1-4-10(7-9)13-15-12(16-18-13)11-5-2-6-17-11/h1,3-4,7,11H,2,5-6,8,14H2. The molecule has 94 valence electrons. The normalized spacial score (nSPS) is 19.3. The maximum absolute atomic E-state index is 5.61. The van der Waals surface area contributed by atoms with Gasteiger partial charge in [0.15, 0.2) is 0 Å². The maximum atomic E-state index is 5.61. The first-order valence-electron chi connectivity index (χ1n) is 6.11. The van der Waals surface area contributed by atoms with E-state index in [1.165, 1.54) is 0 Å². The third-order valence-corrected chi connectivity index (χ3v) is 3.07. The predicted molar refractivity (Wildman–Crippen MR) is 65.6 cm³/mol. The summed E-state index contributed by atoms with van der Waals surface area (Å²) in [5.74, 6) is 1.16. The van der Waals surface area contributed by atoms with Gasteiger partial charge >= 0.3 is 0 Å². The Hall–Kier alpha value is -1.72. The molecule has 18 heavy (non-hydrogen) atoms. The Kier molecular flexibility index (Phi) is 3.08. The lowest BCUT2D eigenvalue weighted by atomic mass is 10.1. The van der Waals surface area contributed by atoms with Crippen LogP contribution in [0.4, 0.5) is 0 Å². The average Bonchev–Trinajstić information content (AvgIpc) is 3.09. The molecule has 5 heteroatoms. The Labute approximate surface area is 105 Å². The smallest absolute Gasteiger partial charge is 0.258 e. The maximum Gasteiger partial charge on any atom is 0.258 e. The van der Waals surface area contributed by atoms with Crippen molar-refractivity contribution < 1.29 is 9.26 Å². The topological polar surface area (TPSA) is 74.2 Å². The highest BCUT2D eigenvalue weighted by Crippen LogP contribution is 2.28. The van der Waals surface area contributed by atoms with Crippen molar-refractivity contribution in [3.05, 3.63) is 35.7 Å². The first-order chi connectivity index (χ1) is 8.86. The van der Waals surface area contributed by atoms with Gasteiger partial charge in [-0.1, -0.05) is 17.3 Å². The molecule has 1 unspecified atom stereocenters. The summed E-state index contributed by atoms with van der Waals surface area (Å²) in [7, 11) is 0. The summed E-state index contributed by atoms with van der Waals surface area (Å²) < 4.78 is 10.8. The van der Waals surface area contributed by atoms with Crippen molar-refractivity contribution in [3.8, 4) is 11.5 Å². The van der Waals surface area contributed by atoms with E-state index >= 15 is 0 Å². The van der Waals surface area contributed by atoms with Crippen LogP contribution in [-0.4, -0.2) is 16.7 Å². The second-order valence-corrected chi connectivity index (χ2v) is 4.36. The molecule has 0 aliphatic carbocycles. The third-order valence-electron chi connectivity index (χ3n) is 3.07. The van der Waals surface area contributed by atoms with Crippen LogP contribution in [0.5, 0.6) is 0 Å². The van der Waals surface area contributed by atoms with E-state index in [2.05, 4.69) is 10.1 Å². The number of nitrogens with zero attached hydrogens (tertiary/aromatic N) is 2. The molecule has 0 saturated carbocycles. The summed E-state index contributed by atoms with van der Waals surface area (Å²) in [4.78, 5) is 4.39. The fraction of sp³-hybridized carbons (Fsp3) is 0.385. The van der Waals surface area contributed by atoms with Crippen molar-refractivity contribution in [2.24, 2.45) is 5.73 Å². The van der Waals surface area contributed by atoms with E-state index in [4.69, 9.17) is 15.0 Å². The van der Waals surface area contributed by atoms with E-state index in [0.29, 0.717) is 18.3 Å². The van der Waals surface area contributed by atoms with Crippen molar-refractivity contribution >= 4 is 0 Å². The van der Waals surface area contributed by atoms with Crippen LogP contribution < -0.4 is 5.73 Å². The molecule has 1 fully saturated rings. The SMILES string of the molecule is NCc1cccc(-c2nc(C3CCCO3)no2)c1. The van der Waals surface area contributed by atoms with E-state index in [9.17, 15) is 0 Å². The van der Waals surface area contributed by atoms with Crippen molar-refractivity contribution in [1.82, 2.24) is 10.1 Å². The second-order valence-electron chi connectivity index (χ2n) is 4.36. The fourth-order valence-corrected chi connectivity index (χ4v) is 2.10. The highest BCUT2D eigenvalue weighted by molar-refractivity contribution is 5.54. The number of nitrogens with two attached hydrogens (primary N) is 1. The molecular weight excluding hydrogens is 230 g/mol. The van der Waals surface area contributed by atoms with Gasteiger partial charge in [0.2, 0.25) is 5.82 Å². The molecule has 1 atom stereocenters. The molecule has 2 N–H and O–H groups in total. The van der Waals surface area contributed by atoms with Crippen LogP contribution in [0.15, 0.2) is 28.8 Å². The van der Waals surface area contributed by atoms with Crippen molar-refractivity contribution in [2.45, 2.75) is 25.5 Å². The van der Waals surface area contributed by atoms with Crippen molar-refractivity contribution in [3.63, 3.8) is 0 Å². The van der Waals surface area contributed by atoms with E-state index in [-0.39, 0.29) is 6.10 Å². The second kappa shape index (κ2) is 4.88. The summed E-state index contributed by atoms with van der Waals surface area (Å²) in [5.41, 5.74) is 7.56. The molecule has 0 bridgehead atoms. The minimum atomic E-state index is -0.0137. The van der Waals surface area contributed by atoms with Gasteiger partial charge in [-0.3, -0.25) is 0 Å². The van der Waals surface area contributed by atoms with Crippen LogP contribution in [0.3, 0.4) is 0 Å². The minimum Gasteiger partial charge on any atom is -0.370 e. The highest BCUT2D eigenvalue weighted by Gasteiger charge is 2.23. The lowest BCUT2D eigenvalue weighted by molar-refractivity contribution is 0.103. The van der Waals surface area contributed by atoms with Crippen LogP contribution >= 0.6 is 0 Å². The van der Waals surface area contributed by atoms with Crippen LogP contribution in [-0.2, 0) is 11.3 Å². The van der Waals surface area contributed by atoms with Crippen molar-refractivity contribution in [1.29, 1.82) is 0 Å². The molecule has 1 aliphatic rings. The van der Waals surface area contributed by atoms with Crippen LogP contribution in [0.2, 0.25) is 0 Å².